The van der Waals surface area contributed by atoms with E-state index in [0.29, 0.717) is 12.0 Å². The van der Waals surface area contributed by atoms with E-state index < -0.39 is 0 Å². The summed E-state index contributed by atoms with van der Waals surface area (Å²) in [6.45, 7) is 4.62. The number of imidazole rings is 1. The number of nitrogens with one attached hydrogen (secondary N) is 1. The predicted octanol–water partition coefficient (Wildman–Crippen LogP) is 15.6. The van der Waals surface area contributed by atoms with Gasteiger partial charge in [0.15, 0.2) is 0 Å². The van der Waals surface area contributed by atoms with E-state index in [9.17, 15) is 0 Å². The van der Waals surface area contributed by atoms with Crippen LogP contribution in [0.5, 0.6) is 0 Å². The molecule has 0 fully saturated rings. The highest BCUT2D eigenvalue weighted by atomic mass is 15.1. The van der Waals surface area contributed by atoms with Gasteiger partial charge in [-0.2, -0.15) is 0 Å². The summed E-state index contributed by atoms with van der Waals surface area (Å²) in [6.07, 6.45) is 55.2. The van der Waals surface area contributed by atoms with Gasteiger partial charge in [-0.05, 0) is 31.2 Å². The lowest BCUT2D eigenvalue weighted by molar-refractivity contribution is -0.730. The lowest BCUT2D eigenvalue weighted by Gasteiger charge is -2.25. The Bertz CT molecular complexity index is 890. The van der Waals surface area contributed by atoms with E-state index in [1.165, 1.54) is 224 Å². The first-order valence-electron chi connectivity index (χ1n) is 22.4. The van der Waals surface area contributed by atoms with Crippen LogP contribution in [-0.2, 0) is 6.42 Å². The standard InChI is InChI=1S/C47H84N2/c1-3-5-7-9-11-13-15-17-19-20-21-22-24-26-28-30-35-39-46(43-45-37-33-32-34-38-45)47(49-42-41-48-44-49)40-36-31-29-27-25-23-18-16-14-12-10-8-6-4-2/h32-34,37-38,41-42,44,46-47H,3-31,35-36,39-40,43H2,1-2H3/p+1. The number of unbranched alkanes of at least 4 members (excludes halogenated alkanes) is 29. The first-order valence-corrected chi connectivity index (χ1v) is 22.4. The maximum atomic E-state index is 3.37. The quantitative estimate of drug-likeness (QED) is 0.0542. The molecule has 1 aromatic heterocycles. The molecule has 2 aromatic rings. The van der Waals surface area contributed by atoms with E-state index in [1.807, 2.05) is 0 Å². The molecule has 1 heterocycles. The van der Waals surface area contributed by atoms with Crippen molar-refractivity contribution in [1.29, 1.82) is 0 Å². The lowest BCUT2D eigenvalue weighted by Crippen LogP contribution is -2.42. The van der Waals surface area contributed by atoms with Crippen LogP contribution in [0.3, 0.4) is 0 Å². The number of hydrogen-bond donors (Lipinski definition) is 1. The molecule has 0 saturated carbocycles. The summed E-state index contributed by atoms with van der Waals surface area (Å²) >= 11 is 0. The Morgan fingerprint density at radius 3 is 1.18 bits per heavy atom. The van der Waals surface area contributed by atoms with Crippen molar-refractivity contribution in [2.24, 2.45) is 5.92 Å². The Labute approximate surface area is 307 Å². The minimum atomic E-state index is 0.602. The molecule has 2 heteroatoms. The maximum Gasteiger partial charge on any atom is 0.241 e. The average molecular weight is 678 g/mol. The van der Waals surface area contributed by atoms with Gasteiger partial charge in [-0.15, -0.1) is 0 Å². The summed E-state index contributed by atoms with van der Waals surface area (Å²) in [5, 5.41) is 0. The van der Waals surface area contributed by atoms with Crippen molar-refractivity contribution in [3.8, 4) is 0 Å². The molecule has 2 unspecified atom stereocenters. The van der Waals surface area contributed by atoms with Crippen molar-refractivity contribution >= 4 is 0 Å². The molecule has 0 aliphatic carbocycles. The van der Waals surface area contributed by atoms with Gasteiger partial charge in [0.25, 0.3) is 0 Å². The summed E-state index contributed by atoms with van der Waals surface area (Å²) in [7, 11) is 0. The molecule has 2 nitrogen and oxygen atoms in total. The molecule has 1 aromatic carbocycles. The monoisotopic (exact) mass is 678 g/mol. The van der Waals surface area contributed by atoms with Gasteiger partial charge in [0.05, 0.1) is 0 Å². The number of H-pyrrole nitrogens is 1. The van der Waals surface area contributed by atoms with Gasteiger partial charge in [-0.3, -0.25) is 4.98 Å². The van der Waals surface area contributed by atoms with Crippen molar-refractivity contribution in [2.45, 2.75) is 238 Å². The van der Waals surface area contributed by atoms with Gasteiger partial charge in [0, 0.05) is 5.92 Å². The fourth-order valence-electron chi connectivity index (χ4n) is 8.16. The molecule has 1 N–H and O–H groups in total. The zero-order valence-corrected chi connectivity index (χ0v) is 33.3. The van der Waals surface area contributed by atoms with Crippen molar-refractivity contribution in [3.63, 3.8) is 0 Å². The van der Waals surface area contributed by atoms with E-state index in [1.54, 1.807) is 0 Å². The predicted molar refractivity (Wildman–Crippen MR) is 217 cm³/mol. The highest BCUT2D eigenvalue weighted by Gasteiger charge is 2.26. The average Bonchev–Trinajstić information content (AvgIpc) is 3.66. The third-order valence-electron chi connectivity index (χ3n) is 11.4. The van der Waals surface area contributed by atoms with Crippen LogP contribution in [-0.4, -0.2) is 4.98 Å². The number of aromatic nitrogens is 2. The summed E-state index contributed by atoms with van der Waals surface area (Å²) in [6, 6.07) is 11.9. The third-order valence-corrected chi connectivity index (χ3v) is 11.4. The van der Waals surface area contributed by atoms with Crippen molar-refractivity contribution in [1.82, 2.24) is 4.98 Å². The first kappa shape index (κ1) is 43.6. The molecule has 49 heavy (non-hydrogen) atoms. The van der Waals surface area contributed by atoms with Gasteiger partial charge < -0.3 is 0 Å². The number of hydrogen-bond acceptors (Lipinski definition) is 0. The summed E-state index contributed by atoms with van der Waals surface area (Å²) in [5.74, 6) is 0.710. The number of rotatable bonds is 37. The van der Waals surface area contributed by atoms with Gasteiger partial charge in [-0.25, -0.2) is 4.57 Å². The summed E-state index contributed by atoms with van der Waals surface area (Å²) < 4.78 is 2.52. The van der Waals surface area contributed by atoms with E-state index in [0.717, 1.165) is 0 Å². The Kier molecular flexibility index (Phi) is 29.9. The van der Waals surface area contributed by atoms with Gasteiger partial charge >= 0.3 is 0 Å². The highest BCUT2D eigenvalue weighted by Crippen LogP contribution is 2.29. The molecule has 2 atom stereocenters. The summed E-state index contributed by atoms with van der Waals surface area (Å²) in [5.41, 5.74) is 1.52. The highest BCUT2D eigenvalue weighted by molar-refractivity contribution is 5.15. The van der Waals surface area contributed by atoms with Crippen molar-refractivity contribution in [2.75, 3.05) is 0 Å². The Hall–Kier alpha value is -1.57. The van der Waals surface area contributed by atoms with Crippen molar-refractivity contribution < 1.29 is 4.57 Å². The fourth-order valence-corrected chi connectivity index (χ4v) is 8.16. The van der Waals surface area contributed by atoms with Crippen LogP contribution in [0.1, 0.15) is 237 Å². The first-order chi connectivity index (χ1) is 24.3. The van der Waals surface area contributed by atoms with Crippen LogP contribution in [0.15, 0.2) is 49.1 Å². The molecule has 0 radical (unpaired) electrons. The van der Waals surface area contributed by atoms with Crippen LogP contribution in [0.4, 0.5) is 0 Å². The number of nitrogens with zero attached hydrogens (tertiary/aromatic N) is 1. The molecule has 0 aliphatic heterocycles. The van der Waals surface area contributed by atoms with Gasteiger partial charge in [-0.1, -0.05) is 237 Å². The second-order valence-corrected chi connectivity index (χ2v) is 15.9. The molecule has 2 rings (SSSR count). The zero-order valence-electron chi connectivity index (χ0n) is 33.3. The summed E-state index contributed by atoms with van der Waals surface area (Å²) in [4.78, 5) is 3.37. The van der Waals surface area contributed by atoms with Crippen LogP contribution in [0, 0.1) is 5.92 Å². The van der Waals surface area contributed by atoms with E-state index >= 15 is 0 Å². The minimum Gasteiger partial charge on any atom is -0.250 e. The Morgan fingerprint density at radius 2 is 0.816 bits per heavy atom. The normalized spacial score (nSPS) is 12.9. The minimum absolute atomic E-state index is 0.602. The molecule has 0 amide bonds. The SMILES string of the molecule is CCCCCCCCCCCCCCCCCCCC(Cc1ccccc1)C(CCCCCCCCCCCCCCCC)[n+]1cc[nH]c1. The number of benzene rings is 1. The lowest BCUT2D eigenvalue weighted by atomic mass is 9.84. The third kappa shape index (κ3) is 25.1. The maximum absolute atomic E-state index is 3.37. The van der Waals surface area contributed by atoms with E-state index in [2.05, 4.69) is 72.5 Å². The molecular formula is C47H85N2+. The van der Waals surface area contributed by atoms with Crippen LogP contribution in [0.25, 0.3) is 0 Å². The molecule has 0 aliphatic rings. The van der Waals surface area contributed by atoms with Crippen LogP contribution >= 0.6 is 0 Å². The smallest absolute Gasteiger partial charge is 0.241 e. The van der Waals surface area contributed by atoms with E-state index in [4.69, 9.17) is 0 Å². The molecule has 0 bridgehead atoms. The molecule has 0 saturated heterocycles. The van der Waals surface area contributed by atoms with Crippen molar-refractivity contribution in [3.05, 3.63) is 54.6 Å². The molecule has 0 spiro atoms. The topological polar surface area (TPSA) is 19.7 Å². The second-order valence-electron chi connectivity index (χ2n) is 15.9. The van der Waals surface area contributed by atoms with Crippen LogP contribution < -0.4 is 4.57 Å². The van der Waals surface area contributed by atoms with Crippen LogP contribution in [0.2, 0.25) is 0 Å². The largest absolute Gasteiger partial charge is 0.250 e. The van der Waals surface area contributed by atoms with Gasteiger partial charge in [0.2, 0.25) is 6.33 Å². The Balaban J connectivity index is 1.61. The molecular weight excluding hydrogens is 593 g/mol. The molecule has 282 valence electrons. The second kappa shape index (κ2) is 33.6. The fraction of sp³-hybridized carbons (Fsp3) is 0.809. The Morgan fingerprint density at radius 1 is 0.449 bits per heavy atom. The zero-order chi connectivity index (χ0) is 34.7. The number of aromatic amines is 1. The van der Waals surface area contributed by atoms with Gasteiger partial charge in [0.1, 0.15) is 18.4 Å². The van der Waals surface area contributed by atoms with E-state index in [-0.39, 0.29) is 0 Å².